The minimum Gasteiger partial charge on any atom is -0.0651 e. The zero-order valence-corrected chi connectivity index (χ0v) is 6.78. The van der Waals surface area contributed by atoms with Gasteiger partial charge in [0.1, 0.15) is 0 Å². The van der Waals surface area contributed by atoms with E-state index in [1.165, 1.54) is 6.42 Å². The van der Waals surface area contributed by atoms with Crippen LogP contribution >= 0.6 is 0 Å². The van der Waals surface area contributed by atoms with E-state index in [9.17, 15) is 0 Å². The molecule has 0 spiro atoms. The number of hydrogen-bond acceptors (Lipinski definition) is 0. The first-order valence-corrected chi connectivity index (χ1v) is 3.48. The second kappa shape index (κ2) is 4.36. The number of hydrogen-bond donors (Lipinski definition) is 0. The van der Waals surface area contributed by atoms with Crippen LogP contribution in [0.5, 0.6) is 0 Å². The maximum Gasteiger partial charge on any atom is 0.187 e. The third-order valence-electron chi connectivity index (χ3n) is 2.09. The van der Waals surface area contributed by atoms with E-state index in [0.717, 1.165) is 5.92 Å². The van der Waals surface area contributed by atoms with E-state index in [1.54, 1.807) is 0 Å². The molecule has 1 atom stereocenters. The van der Waals surface area contributed by atoms with Crippen molar-refractivity contribution in [2.75, 3.05) is 0 Å². The minimum absolute atomic E-state index is 0. The topological polar surface area (TPSA) is 0 Å². The lowest BCUT2D eigenvalue weighted by atomic mass is 9.81. The van der Waals surface area contributed by atoms with Crippen LogP contribution in [-0.2, 0) is 0 Å². The van der Waals surface area contributed by atoms with Gasteiger partial charge in [-0.2, -0.15) is 0 Å². The fourth-order valence-electron chi connectivity index (χ4n) is 0.612. The Morgan fingerprint density at radius 1 is 1.22 bits per heavy atom. The summed E-state index contributed by atoms with van der Waals surface area (Å²) in [7, 11) is 0. The summed E-state index contributed by atoms with van der Waals surface area (Å²) in [5.41, 5.74) is 0.509. The zero-order chi connectivity index (χ0) is 6.78. The van der Waals surface area contributed by atoms with Crippen molar-refractivity contribution >= 4 is 17.4 Å². The van der Waals surface area contributed by atoms with Crippen molar-refractivity contribution in [2.45, 2.75) is 41.0 Å². The first-order chi connectivity index (χ1) is 3.48. The summed E-state index contributed by atoms with van der Waals surface area (Å²) in [4.78, 5) is 0. The lowest BCUT2D eigenvalue weighted by molar-refractivity contribution is 0.254. The maximum absolute atomic E-state index is 2.31. The average Bonchev–Trinajstić information content (AvgIpc) is 1.62. The second-order valence-corrected chi connectivity index (χ2v) is 3.68. The molecule has 1 heteroatoms. The van der Waals surface area contributed by atoms with Crippen molar-refractivity contribution in [3.8, 4) is 0 Å². The molecule has 0 bridgehead atoms. The van der Waals surface area contributed by atoms with Gasteiger partial charge in [0, 0.05) is 0 Å². The SMILES string of the molecule is CCC(C)C(C)(C)C.[AlH3]. The van der Waals surface area contributed by atoms with Crippen LogP contribution in [0.3, 0.4) is 0 Å². The van der Waals surface area contributed by atoms with Crippen LogP contribution in [0, 0.1) is 11.3 Å². The molecule has 0 aromatic carbocycles. The van der Waals surface area contributed by atoms with Gasteiger partial charge in [-0.15, -0.1) is 0 Å². The van der Waals surface area contributed by atoms with Gasteiger partial charge in [0.2, 0.25) is 0 Å². The molecule has 0 fully saturated rings. The van der Waals surface area contributed by atoms with Gasteiger partial charge in [-0.1, -0.05) is 41.0 Å². The molecule has 0 aliphatic heterocycles. The van der Waals surface area contributed by atoms with E-state index >= 15 is 0 Å². The molecule has 0 saturated heterocycles. The normalized spacial score (nSPS) is 14.3. The van der Waals surface area contributed by atoms with Crippen LogP contribution in [0.15, 0.2) is 0 Å². The standard InChI is InChI=1S/C8H18.Al.3H/c1-6-7(2)8(3,4)5;;;;/h7H,6H2,1-5H3;;;;. The van der Waals surface area contributed by atoms with Gasteiger partial charge in [-0.25, -0.2) is 0 Å². The Kier molecular flexibility index (Phi) is 5.93. The van der Waals surface area contributed by atoms with Crippen molar-refractivity contribution < 1.29 is 0 Å². The molecule has 9 heavy (non-hydrogen) atoms. The third kappa shape index (κ3) is 5.00. The first kappa shape index (κ1) is 12.2. The molecule has 0 N–H and O–H groups in total. The summed E-state index contributed by atoms with van der Waals surface area (Å²) in [6.07, 6.45) is 1.30. The highest BCUT2D eigenvalue weighted by Crippen LogP contribution is 2.27. The van der Waals surface area contributed by atoms with Crippen LogP contribution in [-0.4, -0.2) is 17.4 Å². The summed E-state index contributed by atoms with van der Waals surface area (Å²) >= 11 is 0. The van der Waals surface area contributed by atoms with Gasteiger partial charge in [0.15, 0.2) is 17.4 Å². The largest absolute Gasteiger partial charge is 0.187 e. The molecule has 56 valence electrons. The Bertz CT molecular complexity index is 61.5. The summed E-state index contributed by atoms with van der Waals surface area (Å²) < 4.78 is 0. The van der Waals surface area contributed by atoms with E-state index in [1.807, 2.05) is 0 Å². The lowest BCUT2D eigenvalue weighted by Gasteiger charge is -2.25. The predicted molar refractivity (Wildman–Crippen MR) is 48.8 cm³/mol. The van der Waals surface area contributed by atoms with Gasteiger partial charge in [0.25, 0.3) is 0 Å². The molecule has 0 saturated carbocycles. The number of rotatable bonds is 1. The van der Waals surface area contributed by atoms with Crippen molar-refractivity contribution in [1.29, 1.82) is 0 Å². The second-order valence-electron chi connectivity index (χ2n) is 3.68. The summed E-state index contributed by atoms with van der Waals surface area (Å²) in [5, 5.41) is 0. The fraction of sp³-hybridized carbons (Fsp3) is 1.00. The van der Waals surface area contributed by atoms with E-state index < -0.39 is 0 Å². The summed E-state index contributed by atoms with van der Waals surface area (Å²) in [5.74, 6) is 0.850. The molecule has 1 unspecified atom stereocenters. The fourth-order valence-corrected chi connectivity index (χ4v) is 0.612. The van der Waals surface area contributed by atoms with Gasteiger partial charge in [-0.05, 0) is 11.3 Å². The smallest absolute Gasteiger partial charge is 0.0651 e. The molecular weight excluding hydrogens is 123 g/mol. The zero-order valence-electron chi connectivity index (χ0n) is 6.78. The molecule has 0 aliphatic rings. The predicted octanol–water partition coefficient (Wildman–Crippen LogP) is 1.89. The first-order valence-electron chi connectivity index (χ1n) is 3.48. The molecule has 0 aromatic rings. The molecule has 0 aliphatic carbocycles. The van der Waals surface area contributed by atoms with Crippen molar-refractivity contribution in [2.24, 2.45) is 11.3 Å². The molecule has 0 nitrogen and oxygen atoms in total. The molecule has 0 radical (unpaired) electrons. The summed E-state index contributed by atoms with van der Waals surface area (Å²) in [6.45, 7) is 11.4. The Hall–Kier alpha value is 0.532. The van der Waals surface area contributed by atoms with Gasteiger partial charge < -0.3 is 0 Å². The Morgan fingerprint density at radius 3 is 1.56 bits per heavy atom. The molecule has 0 heterocycles. The Morgan fingerprint density at radius 2 is 1.56 bits per heavy atom. The van der Waals surface area contributed by atoms with E-state index in [4.69, 9.17) is 0 Å². The third-order valence-corrected chi connectivity index (χ3v) is 2.09. The van der Waals surface area contributed by atoms with E-state index in [2.05, 4.69) is 34.6 Å². The molecule has 0 aromatic heterocycles. The van der Waals surface area contributed by atoms with Gasteiger partial charge >= 0.3 is 0 Å². The van der Waals surface area contributed by atoms with Crippen molar-refractivity contribution in [3.05, 3.63) is 0 Å². The molecule has 0 rings (SSSR count). The highest BCUT2D eigenvalue weighted by Gasteiger charge is 2.16. The molecule has 0 amide bonds. The van der Waals surface area contributed by atoms with Crippen molar-refractivity contribution in [3.63, 3.8) is 0 Å². The highest BCUT2D eigenvalue weighted by molar-refractivity contribution is 5.75. The van der Waals surface area contributed by atoms with Crippen molar-refractivity contribution in [1.82, 2.24) is 0 Å². The van der Waals surface area contributed by atoms with E-state index in [-0.39, 0.29) is 17.4 Å². The average molecular weight is 144 g/mol. The van der Waals surface area contributed by atoms with Crippen LogP contribution in [0.2, 0.25) is 0 Å². The van der Waals surface area contributed by atoms with Crippen LogP contribution < -0.4 is 0 Å². The Balaban J connectivity index is 0. The quantitative estimate of drug-likeness (QED) is 0.493. The summed E-state index contributed by atoms with van der Waals surface area (Å²) in [6, 6.07) is 0. The minimum atomic E-state index is 0. The highest BCUT2D eigenvalue weighted by atomic mass is 27.0. The molecular formula is C8H21Al. The Labute approximate surface area is 70.2 Å². The van der Waals surface area contributed by atoms with Crippen LogP contribution in [0.1, 0.15) is 41.0 Å². The van der Waals surface area contributed by atoms with E-state index in [0.29, 0.717) is 5.41 Å². The monoisotopic (exact) mass is 144 g/mol. The van der Waals surface area contributed by atoms with Gasteiger partial charge in [-0.3, -0.25) is 0 Å². The van der Waals surface area contributed by atoms with Crippen LogP contribution in [0.4, 0.5) is 0 Å². The lowest BCUT2D eigenvalue weighted by Crippen LogP contribution is -2.15. The maximum atomic E-state index is 2.31. The van der Waals surface area contributed by atoms with Gasteiger partial charge in [0.05, 0.1) is 0 Å². The van der Waals surface area contributed by atoms with Crippen LogP contribution in [0.25, 0.3) is 0 Å².